The van der Waals surface area contributed by atoms with Crippen LogP contribution in [-0.2, 0) is 0 Å². The Labute approximate surface area is 174 Å². The molecule has 9 heteroatoms. The van der Waals surface area contributed by atoms with E-state index in [9.17, 15) is 4.79 Å². The molecule has 1 aliphatic heterocycles. The van der Waals surface area contributed by atoms with Gasteiger partial charge in [-0.25, -0.2) is 4.98 Å². The van der Waals surface area contributed by atoms with Crippen molar-refractivity contribution >= 4 is 40.9 Å². The van der Waals surface area contributed by atoms with Crippen molar-refractivity contribution in [1.82, 2.24) is 9.97 Å². The second-order valence-electron chi connectivity index (χ2n) is 6.95. The molecule has 1 aromatic carbocycles. The van der Waals surface area contributed by atoms with Gasteiger partial charge < -0.3 is 22.1 Å². The number of amides is 1. The molecule has 1 aliphatic carbocycles. The number of fused-ring (bicyclic) bond motifs is 1. The lowest BCUT2D eigenvalue weighted by Crippen LogP contribution is -2.26. The minimum Gasteiger partial charge on any atom is -0.383 e. The smallest absolute Gasteiger partial charge is 0.268 e. The standard InChI is InChI=1S/C18H19Cl2N5O.CH5N/c19-12-6-2-5-11(14(12)20)13-15(17(22)26)23-18(24-16(13)21)25-7-9-3-1-4-10(9)8-25;1-2/h2,5-6,9-10H,1,3-4,7-8H2,(H2,22,26)(H2,21,23,24);2H2,1H3. The van der Waals surface area contributed by atoms with Crippen LogP contribution in [0.25, 0.3) is 11.1 Å². The SMILES string of the molecule is CN.NC(=O)c1nc(N2CC3CCCC3C2)nc(N)c1-c1cccc(Cl)c1Cl. The average molecular weight is 423 g/mol. The molecule has 1 amide bonds. The highest BCUT2D eigenvalue weighted by molar-refractivity contribution is 6.44. The molecule has 0 bridgehead atoms. The van der Waals surface area contributed by atoms with Gasteiger partial charge in [-0.15, -0.1) is 0 Å². The Balaban J connectivity index is 0.00000109. The molecule has 2 aromatic rings. The van der Waals surface area contributed by atoms with Gasteiger partial charge in [0.05, 0.1) is 15.6 Å². The number of anilines is 2. The summed E-state index contributed by atoms with van der Waals surface area (Å²) >= 11 is 12.4. The number of nitrogens with zero attached hydrogens (tertiary/aromatic N) is 3. The third-order valence-corrected chi connectivity index (χ3v) is 6.21. The minimum absolute atomic E-state index is 0.0636. The first-order valence-electron chi connectivity index (χ1n) is 9.20. The fraction of sp³-hybridized carbons (Fsp3) is 0.421. The highest BCUT2D eigenvalue weighted by Gasteiger charge is 2.37. The maximum absolute atomic E-state index is 12.1. The van der Waals surface area contributed by atoms with E-state index in [4.69, 9.17) is 34.7 Å². The first-order chi connectivity index (χ1) is 13.5. The van der Waals surface area contributed by atoms with Gasteiger partial charge in [-0.3, -0.25) is 4.79 Å². The predicted molar refractivity (Wildman–Crippen MR) is 114 cm³/mol. The fourth-order valence-electron chi connectivity index (χ4n) is 4.15. The van der Waals surface area contributed by atoms with Gasteiger partial charge in [0.25, 0.3) is 5.91 Å². The maximum atomic E-state index is 12.1. The Hall–Kier alpha value is -2.09. The summed E-state index contributed by atoms with van der Waals surface area (Å²) in [4.78, 5) is 23.1. The van der Waals surface area contributed by atoms with Crippen LogP contribution in [0.4, 0.5) is 11.8 Å². The van der Waals surface area contributed by atoms with E-state index in [0.29, 0.717) is 33.9 Å². The molecular weight excluding hydrogens is 399 g/mol. The third kappa shape index (κ3) is 3.74. The van der Waals surface area contributed by atoms with E-state index in [0.717, 1.165) is 13.1 Å². The van der Waals surface area contributed by atoms with Gasteiger partial charge in [0.2, 0.25) is 5.95 Å². The van der Waals surface area contributed by atoms with Crippen LogP contribution in [0, 0.1) is 11.8 Å². The number of nitrogens with two attached hydrogens (primary N) is 3. The van der Waals surface area contributed by atoms with Crippen LogP contribution in [-0.4, -0.2) is 36.0 Å². The van der Waals surface area contributed by atoms with Gasteiger partial charge in [0.15, 0.2) is 0 Å². The highest BCUT2D eigenvalue weighted by atomic mass is 35.5. The van der Waals surface area contributed by atoms with E-state index >= 15 is 0 Å². The van der Waals surface area contributed by atoms with Gasteiger partial charge >= 0.3 is 0 Å². The van der Waals surface area contributed by atoms with Crippen molar-refractivity contribution < 1.29 is 4.79 Å². The lowest BCUT2D eigenvalue weighted by atomic mass is 10.0. The van der Waals surface area contributed by atoms with Crippen LogP contribution in [0.15, 0.2) is 18.2 Å². The number of rotatable bonds is 3. The number of carbonyl (C=O) groups excluding carboxylic acids is 1. The van der Waals surface area contributed by atoms with E-state index < -0.39 is 5.91 Å². The van der Waals surface area contributed by atoms with Crippen LogP contribution in [0.3, 0.4) is 0 Å². The summed E-state index contributed by atoms with van der Waals surface area (Å²) in [5, 5.41) is 0.644. The van der Waals surface area contributed by atoms with E-state index in [1.165, 1.54) is 26.3 Å². The Morgan fingerprint density at radius 2 is 1.79 bits per heavy atom. The van der Waals surface area contributed by atoms with Gasteiger partial charge in [0.1, 0.15) is 11.5 Å². The lowest BCUT2D eigenvalue weighted by molar-refractivity contribution is 0.0996. The van der Waals surface area contributed by atoms with Crippen molar-refractivity contribution in [3.63, 3.8) is 0 Å². The second-order valence-corrected chi connectivity index (χ2v) is 7.74. The van der Waals surface area contributed by atoms with E-state index in [1.807, 2.05) is 0 Å². The van der Waals surface area contributed by atoms with Crippen molar-refractivity contribution in [3.8, 4) is 11.1 Å². The Bertz CT molecular complexity index is 879. The van der Waals surface area contributed by atoms with Crippen molar-refractivity contribution in [2.75, 3.05) is 30.8 Å². The molecule has 2 atom stereocenters. The molecule has 6 N–H and O–H groups in total. The summed E-state index contributed by atoms with van der Waals surface area (Å²) in [5.74, 6) is 1.28. The molecule has 7 nitrogen and oxygen atoms in total. The van der Waals surface area contributed by atoms with Crippen LogP contribution in [0.5, 0.6) is 0 Å². The zero-order chi connectivity index (χ0) is 20.4. The first kappa shape index (κ1) is 20.6. The summed E-state index contributed by atoms with van der Waals surface area (Å²) in [6, 6.07) is 5.10. The summed E-state index contributed by atoms with van der Waals surface area (Å²) in [5.41, 5.74) is 17.2. The van der Waals surface area contributed by atoms with Gasteiger partial charge in [-0.05, 0) is 37.8 Å². The Morgan fingerprint density at radius 3 is 2.39 bits per heavy atom. The van der Waals surface area contributed by atoms with Crippen LogP contribution in [0.1, 0.15) is 29.8 Å². The molecule has 0 radical (unpaired) electrons. The van der Waals surface area contributed by atoms with Gasteiger partial charge in [-0.2, -0.15) is 4.98 Å². The third-order valence-electron chi connectivity index (χ3n) is 5.39. The summed E-state index contributed by atoms with van der Waals surface area (Å²) in [7, 11) is 1.50. The van der Waals surface area contributed by atoms with Gasteiger partial charge in [0, 0.05) is 18.7 Å². The number of primary amides is 1. The predicted octanol–water partition coefficient (Wildman–Crippen LogP) is 2.94. The number of benzene rings is 1. The fourth-order valence-corrected chi connectivity index (χ4v) is 4.54. The molecule has 0 spiro atoms. The molecule has 2 aliphatic rings. The minimum atomic E-state index is -0.675. The van der Waals surface area contributed by atoms with Gasteiger partial charge in [-0.1, -0.05) is 41.8 Å². The van der Waals surface area contributed by atoms with Crippen molar-refractivity contribution in [2.45, 2.75) is 19.3 Å². The highest BCUT2D eigenvalue weighted by Crippen LogP contribution is 2.41. The molecule has 2 unspecified atom stereocenters. The maximum Gasteiger partial charge on any atom is 0.268 e. The quantitative estimate of drug-likeness (QED) is 0.697. The molecular formula is C19H24Cl2N6O. The van der Waals surface area contributed by atoms with E-state index in [-0.39, 0.29) is 16.5 Å². The summed E-state index contributed by atoms with van der Waals surface area (Å²) in [6.45, 7) is 1.78. The summed E-state index contributed by atoms with van der Waals surface area (Å²) in [6.07, 6.45) is 3.75. The first-order valence-corrected chi connectivity index (χ1v) is 9.95. The van der Waals surface area contributed by atoms with Crippen molar-refractivity contribution in [2.24, 2.45) is 23.3 Å². The number of hydrogen-bond acceptors (Lipinski definition) is 6. The average Bonchev–Trinajstić information content (AvgIpc) is 3.27. The molecule has 1 aromatic heterocycles. The zero-order valence-corrected chi connectivity index (χ0v) is 17.2. The largest absolute Gasteiger partial charge is 0.383 e. The molecule has 2 heterocycles. The molecule has 1 saturated carbocycles. The molecule has 2 fully saturated rings. The number of carbonyl (C=O) groups is 1. The number of aromatic nitrogens is 2. The van der Waals surface area contributed by atoms with Crippen molar-refractivity contribution in [3.05, 3.63) is 33.9 Å². The molecule has 4 rings (SSSR count). The lowest BCUT2D eigenvalue weighted by Gasteiger charge is -2.20. The molecule has 28 heavy (non-hydrogen) atoms. The number of halogens is 2. The van der Waals surface area contributed by atoms with E-state index in [1.54, 1.807) is 18.2 Å². The normalized spacial score (nSPS) is 20.5. The number of nitrogen functional groups attached to an aromatic ring is 1. The van der Waals surface area contributed by atoms with Crippen LogP contribution >= 0.6 is 23.2 Å². The summed E-state index contributed by atoms with van der Waals surface area (Å²) < 4.78 is 0. The van der Waals surface area contributed by atoms with Crippen LogP contribution in [0.2, 0.25) is 10.0 Å². The topological polar surface area (TPSA) is 124 Å². The Morgan fingerprint density at radius 1 is 1.14 bits per heavy atom. The second kappa shape index (κ2) is 8.51. The Kier molecular flexibility index (Phi) is 6.27. The van der Waals surface area contributed by atoms with Crippen LogP contribution < -0.4 is 22.1 Å². The molecule has 1 saturated heterocycles. The monoisotopic (exact) mass is 422 g/mol. The zero-order valence-electron chi connectivity index (χ0n) is 15.7. The number of hydrogen-bond donors (Lipinski definition) is 3. The van der Waals surface area contributed by atoms with Crippen molar-refractivity contribution in [1.29, 1.82) is 0 Å². The van der Waals surface area contributed by atoms with E-state index in [2.05, 4.69) is 20.6 Å². The molecule has 150 valence electrons.